The molecule has 0 saturated heterocycles. The molecular formula is C17H22N4O. The highest BCUT2D eigenvalue weighted by Crippen LogP contribution is 2.17. The van der Waals surface area contributed by atoms with Crippen LogP contribution in [0.5, 0.6) is 0 Å². The van der Waals surface area contributed by atoms with Gasteiger partial charge in [-0.05, 0) is 44.0 Å². The molecule has 0 bridgehead atoms. The predicted octanol–water partition coefficient (Wildman–Crippen LogP) is 3.80. The van der Waals surface area contributed by atoms with Gasteiger partial charge < -0.3 is 10.6 Å². The highest BCUT2D eigenvalue weighted by Gasteiger charge is 2.04. The van der Waals surface area contributed by atoms with Crippen LogP contribution in [0.4, 0.5) is 17.5 Å². The normalized spacial score (nSPS) is 10.6. The maximum Gasteiger partial charge on any atom is 0.229 e. The van der Waals surface area contributed by atoms with Crippen LogP contribution in [0.1, 0.15) is 36.8 Å². The number of hydrogen-bond donors (Lipinski definition) is 2. The second-order valence-corrected chi connectivity index (χ2v) is 5.75. The molecule has 0 amide bonds. The number of benzene rings is 1. The first-order valence-electron chi connectivity index (χ1n) is 7.41. The van der Waals surface area contributed by atoms with Crippen molar-refractivity contribution in [1.29, 1.82) is 0 Å². The molecule has 5 nitrogen and oxygen atoms in total. The number of aryl methyl sites for hydroxylation is 1. The van der Waals surface area contributed by atoms with Crippen LogP contribution in [0.15, 0.2) is 30.3 Å². The summed E-state index contributed by atoms with van der Waals surface area (Å²) < 4.78 is 0. The van der Waals surface area contributed by atoms with E-state index < -0.39 is 0 Å². The molecular weight excluding hydrogens is 276 g/mol. The number of rotatable bonds is 6. The van der Waals surface area contributed by atoms with Gasteiger partial charge in [-0.2, -0.15) is 4.98 Å². The van der Waals surface area contributed by atoms with Gasteiger partial charge in [0.25, 0.3) is 0 Å². The summed E-state index contributed by atoms with van der Waals surface area (Å²) in [5, 5.41) is 6.46. The highest BCUT2D eigenvalue weighted by atomic mass is 16.1. The number of nitrogens with zero attached hydrogens (tertiary/aromatic N) is 2. The van der Waals surface area contributed by atoms with Crippen LogP contribution in [-0.4, -0.2) is 22.3 Å². The van der Waals surface area contributed by atoms with E-state index in [0.717, 1.165) is 23.7 Å². The average Bonchev–Trinajstić information content (AvgIpc) is 2.45. The van der Waals surface area contributed by atoms with E-state index in [-0.39, 0.29) is 5.78 Å². The van der Waals surface area contributed by atoms with Crippen LogP contribution in [0.25, 0.3) is 0 Å². The zero-order valence-corrected chi connectivity index (χ0v) is 13.5. The Kier molecular flexibility index (Phi) is 5.09. The maximum absolute atomic E-state index is 11.3. The number of nitrogens with one attached hydrogen (secondary N) is 2. The Morgan fingerprint density at radius 3 is 2.45 bits per heavy atom. The molecule has 0 fully saturated rings. The van der Waals surface area contributed by atoms with Crippen LogP contribution in [-0.2, 0) is 0 Å². The Bertz CT molecular complexity index is 650. The topological polar surface area (TPSA) is 66.9 Å². The first kappa shape index (κ1) is 15.9. The summed E-state index contributed by atoms with van der Waals surface area (Å²) in [5.41, 5.74) is 2.43. The number of ketones is 1. The Labute approximate surface area is 131 Å². The molecule has 22 heavy (non-hydrogen) atoms. The molecule has 0 unspecified atom stereocenters. The van der Waals surface area contributed by atoms with Crippen molar-refractivity contribution in [2.24, 2.45) is 5.92 Å². The fourth-order valence-electron chi connectivity index (χ4n) is 1.94. The van der Waals surface area contributed by atoms with Crippen molar-refractivity contribution >= 4 is 23.2 Å². The van der Waals surface area contributed by atoms with E-state index in [2.05, 4.69) is 34.4 Å². The fraction of sp³-hybridized carbons (Fsp3) is 0.353. The first-order chi connectivity index (χ1) is 10.4. The maximum atomic E-state index is 11.3. The lowest BCUT2D eigenvalue weighted by Gasteiger charge is -2.11. The third-order valence-electron chi connectivity index (χ3n) is 3.09. The van der Waals surface area contributed by atoms with Crippen LogP contribution >= 0.6 is 0 Å². The molecule has 1 aromatic carbocycles. The van der Waals surface area contributed by atoms with Gasteiger partial charge in [-0.25, -0.2) is 4.98 Å². The molecule has 1 aromatic heterocycles. The Morgan fingerprint density at radius 2 is 1.86 bits per heavy atom. The molecule has 0 aliphatic rings. The smallest absolute Gasteiger partial charge is 0.229 e. The monoisotopic (exact) mass is 298 g/mol. The van der Waals surface area contributed by atoms with Crippen molar-refractivity contribution in [3.05, 3.63) is 41.6 Å². The van der Waals surface area contributed by atoms with Gasteiger partial charge in [0.2, 0.25) is 5.95 Å². The summed E-state index contributed by atoms with van der Waals surface area (Å²) in [6.07, 6.45) is 0. The van der Waals surface area contributed by atoms with Gasteiger partial charge >= 0.3 is 0 Å². The average molecular weight is 298 g/mol. The standard InChI is InChI=1S/C17H22N4O/c1-11(2)10-18-16-9-12(3)19-17(21-16)20-15-7-5-14(6-8-15)13(4)22/h5-9,11H,10H2,1-4H3,(H2,18,19,20,21). The third-order valence-corrected chi connectivity index (χ3v) is 3.09. The summed E-state index contributed by atoms with van der Waals surface area (Å²) >= 11 is 0. The van der Waals surface area contributed by atoms with Gasteiger partial charge in [0, 0.05) is 29.6 Å². The molecule has 0 spiro atoms. The first-order valence-corrected chi connectivity index (χ1v) is 7.41. The number of hydrogen-bond acceptors (Lipinski definition) is 5. The minimum Gasteiger partial charge on any atom is -0.370 e. The van der Waals surface area contributed by atoms with Crippen molar-refractivity contribution in [3.8, 4) is 0 Å². The lowest BCUT2D eigenvalue weighted by atomic mass is 10.1. The third kappa shape index (κ3) is 4.55. The number of carbonyl (C=O) groups is 1. The SMILES string of the molecule is CC(=O)c1ccc(Nc2nc(C)cc(NCC(C)C)n2)cc1. The minimum atomic E-state index is 0.0542. The van der Waals surface area contributed by atoms with E-state index in [0.29, 0.717) is 17.4 Å². The summed E-state index contributed by atoms with van der Waals surface area (Å²) in [6.45, 7) is 8.65. The summed E-state index contributed by atoms with van der Waals surface area (Å²) in [4.78, 5) is 20.1. The van der Waals surface area contributed by atoms with Gasteiger partial charge in [-0.15, -0.1) is 0 Å². The van der Waals surface area contributed by atoms with E-state index in [1.165, 1.54) is 0 Å². The highest BCUT2D eigenvalue weighted by molar-refractivity contribution is 5.94. The summed E-state index contributed by atoms with van der Waals surface area (Å²) in [5.74, 6) is 1.95. The number of carbonyl (C=O) groups excluding carboxylic acids is 1. The second kappa shape index (κ2) is 7.02. The van der Waals surface area contributed by atoms with Crippen molar-refractivity contribution in [1.82, 2.24) is 9.97 Å². The van der Waals surface area contributed by atoms with E-state index >= 15 is 0 Å². The lowest BCUT2D eigenvalue weighted by Crippen LogP contribution is -2.10. The zero-order valence-electron chi connectivity index (χ0n) is 13.5. The Hall–Kier alpha value is -2.43. The van der Waals surface area contributed by atoms with Crippen molar-refractivity contribution in [2.45, 2.75) is 27.7 Å². The molecule has 0 atom stereocenters. The van der Waals surface area contributed by atoms with Crippen molar-refractivity contribution in [2.75, 3.05) is 17.2 Å². The molecule has 5 heteroatoms. The fourth-order valence-corrected chi connectivity index (χ4v) is 1.94. The van der Waals surface area contributed by atoms with Gasteiger partial charge in [0.15, 0.2) is 5.78 Å². The lowest BCUT2D eigenvalue weighted by molar-refractivity contribution is 0.101. The van der Waals surface area contributed by atoms with E-state index in [1.54, 1.807) is 19.1 Å². The minimum absolute atomic E-state index is 0.0542. The van der Waals surface area contributed by atoms with Gasteiger partial charge in [0.1, 0.15) is 5.82 Å². The quantitative estimate of drug-likeness (QED) is 0.794. The molecule has 1 heterocycles. The number of Topliss-reactive ketones (excluding diaryl/α,β-unsaturated/α-hetero) is 1. The molecule has 0 radical (unpaired) electrons. The van der Waals surface area contributed by atoms with Gasteiger partial charge in [-0.1, -0.05) is 13.8 Å². The molecule has 0 aliphatic heterocycles. The largest absolute Gasteiger partial charge is 0.370 e. The molecule has 2 N–H and O–H groups in total. The Morgan fingerprint density at radius 1 is 1.18 bits per heavy atom. The van der Waals surface area contributed by atoms with Gasteiger partial charge in [0.05, 0.1) is 0 Å². The van der Waals surface area contributed by atoms with E-state index in [9.17, 15) is 4.79 Å². The molecule has 2 rings (SSSR count). The van der Waals surface area contributed by atoms with Gasteiger partial charge in [-0.3, -0.25) is 4.79 Å². The molecule has 116 valence electrons. The van der Waals surface area contributed by atoms with Crippen molar-refractivity contribution < 1.29 is 4.79 Å². The molecule has 0 saturated carbocycles. The van der Waals surface area contributed by atoms with Crippen molar-refractivity contribution in [3.63, 3.8) is 0 Å². The second-order valence-electron chi connectivity index (χ2n) is 5.75. The summed E-state index contributed by atoms with van der Waals surface area (Å²) in [6, 6.07) is 9.20. The summed E-state index contributed by atoms with van der Waals surface area (Å²) in [7, 11) is 0. The zero-order chi connectivity index (χ0) is 16.1. The van der Waals surface area contributed by atoms with Crippen LogP contribution in [0.3, 0.4) is 0 Å². The number of anilines is 3. The number of aromatic nitrogens is 2. The van der Waals surface area contributed by atoms with Crippen LogP contribution < -0.4 is 10.6 Å². The van der Waals surface area contributed by atoms with Crippen LogP contribution in [0.2, 0.25) is 0 Å². The van der Waals surface area contributed by atoms with E-state index in [1.807, 2.05) is 25.1 Å². The van der Waals surface area contributed by atoms with E-state index in [4.69, 9.17) is 0 Å². The Balaban J connectivity index is 2.13. The molecule has 0 aliphatic carbocycles. The molecule has 2 aromatic rings. The predicted molar refractivity (Wildman–Crippen MR) is 89.8 cm³/mol. The van der Waals surface area contributed by atoms with Crippen LogP contribution in [0, 0.1) is 12.8 Å².